The predicted octanol–water partition coefficient (Wildman–Crippen LogP) is 2.43. The summed E-state index contributed by atoms with van der Waals surface area (Å²) in [6.07, 6.45) is 0. The molecule has 0 fully saturated rings. The first kappa shape index (κ1) is 10.4. The number of nitrogens with one attached hydrogen (secondary N) is 1. The van der Waals surface area contributed by atoms with Crippen molar-refractivity contribution in [2.24, 2.45) is 0 Å². The Morgan fingerprint density at radius 3 is 2.87 bits per heavy atom. The predicted molar refractivity (Wildman–Crippen MR) is 62.6 cm³/mol. The highest BCUT2D eigenvalue weighted by Gasteiger charge is 2.04. The van der Waals surface area contributed by atoms with Gasteiger partial charge in [0.2, 0.25) is 0 Å². The Balaban J connectivity index is 2.16. The topological polar surface area (TPSA) is 50.7 Å². The first-order chi connectivity index (χ1) is 7.28. The van der Waals surface area contributed by atoms with Crippen molar-refractivity contribution in [2.45, 2.75) is 16.3 Å². The lowest BCUT2D eigenvalue weighted by atomic mass is 10.5. The van der Waals surface area contributed by atoms with Gasteiger partial charge in [-0.15, -0.1) is 10.2 Å². The van der Waals surface area contributed by atoms with Gasteiger partial charge in [-0.1, -0.05) is 17.4 Å². The van der Waals surface area contributed by atoms with E-state index < -0.39 is 0 Å². The Kier molecular flexibility index (Phi) is 3.17. The quantitative estimate of drug-likeness (QED) is 0.890. The van der Waals surface area contributed by atoms with E-state index in [0.29, 0.717) is 0 Å². The SMILES string of the molecule is CNc1cccc(Sc2nnc(C)s2)n1. The van der Waals surface area contributed by atoms with Gasteiger partial charge in [-0.2, -0.15) is 0 Å². The standard InChI is InChI=1S/C9H10N4S2/c1-6-12-13-9(14-6)15-8-5-3-4-7(10-2)11-8/h3-5H,1-2H3,(H,10,11). The van der Waals surface area contributed by atoms with Crippen molar-refractivity contribution in [1.82, 2.24) is 15.2 Å². The maximum absolute atomic E-state index is 4.39. The molecule has 0 bridgehead atoms. The molecule has 78 valence electrons. The number of nitrogens with zero attached hydrogens (tertiary/aromatic N) is 3. The van der Waals surface area contributed by atoms with Crippen LogP contribution in [0.25, 0.3) is 0 Å². The molecule has 0 aromatic carbocycles. The van der Waals surface area contributed by atoms with Crippen molar-refractivity contribution in [1.29, 1.82) is 0 Å². The minimum Gasteiger partial charge on any atom is -0.373 e. The van der Waals surface area contributed by atoms with Crippen LogP contribution in [0.4, 0.5) is 5.82 Å². The molecule has 0 aliphatic heterocycles. The van der Waals surface area contributed by atoms with Gasteiger partial charge in [-0.05, 0) is 30.8 Å². The summed E-state index contributed by atoms with van der Waals surface area (Å²) in [6.45, 7) is 1.94. The van der Waals surface area contributed by atoms with Crippen LogP contribution in [0.2, 0.25) is 0 Å². The van der Waals surface area contributed by atoms with E-state index in [2.05, 4.69) is 20.5 Å². The number of anilines is 1. The number of hydrogen-bond donors (Lipinski definition) is 1. The number of hydrogen-bond acceptors (Lipinski definition) is 6. The average Bonchev–Trinajstić information content (AvgIpc) is 2.64. The molecule has 0 radical (unpaired) electrons. The second-order valence-corrected chi connectivity index (χ2v) is 5.25. The molecule has 4 nitrogen and oxygen atoms in total. The van der Waals surface area contributed by atoms with Crippen LogP contribution in [0.3, 0.4) is 0 Å². The van der Waals surface area contributed by atoms with E-state index in [0.717, 1.165) is 20.2 Å². The Labute approximate surface area is 96.2 Å². The molecule has 15 heavy (non-hydrogen) atoms. The Hall–Kier alpha value is -1.14. The number of aromatic nitrogens is 3. The highest BCUT2D eigenvalue weighted by Crippen LogP contribution is 2.28. The van der Waals surface area contributed by atoms with Crippen LogP contribution < -0.4 is 5.32 Å². The van der Waals surface area contributed by atoms with E-state index in [-0.39, 0.29) is 0 Å². The smallest absolute Gasteiger partial charge is 0.180 e. The Morgan fingerprint density at radius 1 is 1.33 bits per heavy atom. The maximum Gasteiger partial charge on any atom is 0.180 e. The van der Waals surface area contributed by atoms with Crippen molar-refractivity contribution in [3.63, 3.8) is 0 Å². The average molecular weight is 238 g/mol. The molecule has 2 aromatic rings. The van der Waals surface area contributed by atoms with E-state index in [9.17, 15) is 0 Å². The molecule has 6 heteroatoms. The van der Waals surface area contributed by atoms with Gasteiger partial charge in [0.1, 0.15) is 15.9 Å². The summed E-state index contributed by atoms with van der Waals surface area (Å²) in [6, 6.07) is 5.85. The van der Waals surface area contributed by atoms with Crippen LogP contribution in [0.1, 0.15) is 5.01 Å². The second kappa shape index (κ2) is 4.59. The van der Waals surface area contributed by atoms with Gasteiger partial charge in [0.15, 0.2) is 4.34 Å². The molecule has 0 aliphatic rings. The summed E-state index contributed by atoms with van der Waals surface area (Å²) in [4.78, 5) is 4.39. The summed E-state index contributed by atoms with van der Waals surface area (Å²) in [5.41, 5.74) is 0. The van der Waals surface area contributed by atoms with E-state index >= 15 is 0 Å². The molecule has 0 amide bonds. The van der Waals surface area contributed by atoms with Crippen LogP contribution in [0.15, 0.2) is 27.6 Å². The third-order valence-corrected chi connectivity index (χ3v) is 3.51. The van der Waals surface area contributed by atoms with Crippen molar-refractivity contribution in [3.05, 3.63) is 23.2 Å². The lowest BCUT2D eigenvalue weighted by molar-refractivity contribution is 0.980. The summed E-state index contributed by atoms with van der Waals surface area (Å²) >= 11 is 3.11. The van der Waals surface area contributed by atoms with Gasteiger partial charge in [0, 0.05) is 7.05 Å². The van der Waals surface area contributed by atoms with Crippen LogP contribution in [-0.4, -0.2) is 22.2 Å². The second-order valence-electron chi connectivity index (χ2n) is 2.80. The van der Waals surface area contributed by atoms with E-state index in [1.807, 2.05) is 32.2 Å². The Morgan fingerprint density at radius 2 is 2.20 bits per heavy atom. The highest BCUT2D eigenvalue weighted by atomic mass is 32.2. The molecule has 0 unspecified atom stereocenters. The molecule has 0 saturated carbocycles. The fraction of sp³-hybridized carbons (Fsp3) is 0.222. The van der Waals surface area contributed by atoms with Crippen LogP contribution in [0, 0.1) is 6.92 Å². The van der Waals surface area contributed by atoms with Crippen molar-refractivity contribution < 1.29 is 0 Å². The lowest BCUT2D eigenvalue weighted by Crippen LogP contribution is -1.91. The maximum atomic E-state index is 4.39. The first-order valence-corrected chi connectivity index (χ1v) is 6.04. The van der Waals surface area contributed by atoms with Crippen LogP contribution >= 0.6 is 23.1 Å². The molecule has 2 aromatic heterocycles. The van der Waals surface area contributed by atoms with E-state index in [4.69, 9.17) is 0 Å². The summed E-state index contributed by atoms with van der Waals surface area (Å²) < 4.78 is 0.924. The summed E-state index contributed by atoms with van der Waals surface area (Å²) in [5.74, 6) is 0.862. The molecule has 1 N–H and O–H groups in total. The van der Waals surface area contributed by atoms with Crippen molar-refractivity contribution in [2.75, 3.05) is 12.4 Å². The van der Waals surface area contributed by atoms with Gasteiger partial charge in [-0.25, -0.2) is 4.98 Å². The highest BCUT2D eigenvalue weighted by molar-refractivity contribution is 8.01. The van der Waals surface area contributed by atoms with Gasteiger partial charge in [0.25, 0.3) is 0 Å². The first-order valence-electron chi connectivity index (χ1n) is 4.40. The van der Waals surface area contributed by atoms with Gasteiger partial charge < -0.3 is 5.32 Å². The fourth-order valence-electron chi connectivity index (χ4n) is 1.02. The van der Waals surface area contributed by atoms with Crippen molar-refractivity contribution in [3.8, 4) is 0 Å². The van der Waals surface area contributed by atoms with Gasteiger partial charge in [0.05, 0.1) is 0 Å². The largest absolute Gasteiger partial charge is 0.373 e. The molecule has 0 spiro atoms. The number of rotatable bonds is 3. The lowest BCUT2D eigenvalue weighted by Gasteiger charge is -2.00. The number of pyridine rings is 1. The Bertz CT molecular complexity index is 455. The zero-order valence-electron chi connectivity index (χ0n) is 8.39. The van der Waals surface area contributed by atoms with E-state index in [1.54, 1.807) is 11.3 Å². The molecule has 0 atom stereocenters. The van der Waals surface area contributed by atoms with E-state index in [1.165, 1.54) is 11.8 Å². The molecule has 0 aliphatic carbocycles. The minimum absolute atomic E-state index is 0.862. The van der Waals surface area contributed by atoms with Gasteiger partial charge >= 0.3 is 0 Å². The molecular formula is C9H10N4S2. The molecule has 2 rings (SSSR count). The number of aryl methyl sites for hydroxylation is 1. The fourth-order valence-corrected chi connectivity index (χ4v) is 2.77. The van der Waals surface area contributed by atoms with Gasteiger partial charge in [-0.3, -0.25) is 0 Å². The zero-order valence-corrected chi connectivity index (χ0v) is 10.0. The normalized spacial score (nSPS) is 10.3. The summed E-state index contributed by atoms with van der Waals surface area (Å²) in [7, 11) is 1.85. The zero-order chi connectivity index (χ0) is 10.7. The molecule has 0 saturated heterocycles. The van der Waals surface area contributed by atoms with Crippen LogP contribution in [0.5, 0.6) is 0 Å². The minimum atomic E-state index is 0.862. The third kappa shape index (κ3) is 2.66. The summed E-state index contributed by atoms with van der Waals surface area (Å²) in [5, 5.41) is 12.9. The van der Waals surface area contributed by atoms with Crippen LogP contribution in [-0.2, 0) is 0 Å². The monoisotopic (exact) mass is 238 g/mol. The van der Waals surface area contributed by atoms with Crippen molar-refractivity contribution >= 4 is 28.9 Å². The molecular weight excluding hydrogens is 228 g/mol. The third-order valence-electron chi connectivity index (χ3n) is 1.68. The molecule has 2 heterocycles.